The van der Waals surface area contributed by atoms with Crippen molar-refractivity contribution < 1.29 is 4.92 Å². The molecule has 2 heterocycles. The predicted molar refractivity (Wildman–Crippen MR) is 89.2 cm³/mol. The van der Waals surface area contributed by atoms with Gasteiger partial charge in [0.05, 0.1) is 10.5 Å². The number of halogens is 1. The third-order valence-corrected chi connectivity index (χ3v) is 4.31. The van der Waals surface area contributed by atoms with Gasteiger partial charge in [0.1, 0.15) is 11.9 Å². The van der Waals surface area contributed by atoms with Crippen LogP contribution in [0, 0.1) is 21.4 Å². The predicted octanol–water partition coefficient (Wildman–Crippen LogP) is 3.63. The molecule has 1 aromatic carbocycles. The molecule has 0 N–H and O–H groups in total. The molecule has 1 aliphatic rings. The van der Waals surface area contributed by atoms with Gasteiger partial charge in [0, 0.05) is 35.7 Å². The van der Waals surface area contributed by atoms with Gasteiger partial charge in [-0.15, -0.1) is 10.2 Å². The van der Waals surface area contributed by atoms with Crippen LogP contribution >= 0.6 is 11.6 Å². The number of aromatic nitrogens is 3. The molecule has 2 aromatic rings. The lowest BCUT2D eigenvalue weighted by molar-refractivity contribution is -0.384. The van der Waals surface area contributed by atoms with Crippen LogP contribution in [0.5, 0.6) is 0 Å². The monoisotopic (exact) mass is 343 g/mol. The summed E-state index contributed by atoms with van der Waals surface area (Å²) in [5.74, 6) is 1.35. The van der Waals surface area contributed by atoms with Crippen LogP contribution in [0.2, 0.25) is 5.02 Å². The lowest BCUT2D eigenvalue weighted by Gasteiger charge is -2.06. The Balaban J connectivity index is 2.06. The zero-order valence-corrected chi connectivity index (χ0v) is 13.5. The second kappa shape index (κ2) is 6.81. The van der Waals surface area contributed by atoms with Crippen LogP contribution in [-0.2, 0) is 13.0 Å². The first-order chi connectivity index (χ1) is 11.6. The van der Waals surface area contributed by atoms with Gasteiger partial charge in [-0.3, -0.25) is 10.1 Å². The number of nitrogens with zero attached hydrogens (tertiary/aromatic N) is 5. The summed E-state index contributed by atoms with van der Waals surface area (Å²) in [6.45, 7) is 0.763. The summed E-state index contributed by atoms with van der Waals surface area (Å²) in [5.41, 5.74) is 0.620. The molecular formula is C16H14ClN5O2. The molecule has 0 fully saturated rings. The van der Waals surface area contributed by atoms with Gasteiger partial charge in [-0.05, 0) is 25.0 Å². The van der Waals surface area contributed by atoms with Gasteiger partial charge in [0.15, 0.2) is 5.82 Å². The minimum Gasteiger partial charge on any atom is -0.310 e. The molecular weight excluding hydrogens is 330 g/mol. The Hall–Kier alpha value is -2.72. The number of hydrogen-bond donors (Lipinski definition) is 0. The van der Waals surface area contributed by atoms with Crippen LogP contribution in [0.4, 0.5) is 5.69 Å². The molecule has 0 spiro atoms. The largest absolute Gasteiger partial charge is 0.310 e. The molecule has 122 valence electrons. The summed E-state index contributed by atoms with van der Waals surface area (Å²) in [6.07, 6.45) is 5.54. The van der Waals surface area contributed by atoms with Crippen molar-refractivity contribution in [1.82, 2.24) is 14.8 Å². The van der Waals surface area contributed by atoms with Gasteiger partial charge in [-0.1, -0.05) is 18.0 Å². The number of hydrogen-bond acceptors (Lipinski definition) is 5. The summed E-state index contributed by atoms with van der Waals surface area (Å²) in [5, 5.41) is 29.1. The minimum atomic E-state index is -0.497. The van der Waals surface area contributed by atoms with E-state index in [0.29, 0.717) is 16.4 Å². The second-order valence-electron chi connectivity index (χ2n) is 5.53. The zero-order chi connectivity index (χ0) is 17.1. The lowest BCUT2D eigenvalue weighted by atomic mass is 10.1. The Bertz CT molecular complexity index is 866. The van der Waals surface area contributed by atoms with E-state index < -0.39 is 4.92 Å². The van der Waals surface area contributed by atoms with Crippen LogP contribution in [-0.4, -0.2) is 19.7 Å². The average molecular weight is 344 g/mol. The summed E-state index contributed by atoms with van der Waals surface area (Å²) in [6, 6.07) is 6.23. The highest BCUT2D eigenvalue weighted by Gasteiger charge is 2.18. The highest BCUT2D eigenvalue weighted by atomic mass is 35.5. The Kier molecular flexibility index (Phi) is 4.58. The fourth-order valence-electron chi connectivity index (χ4n) is 2.74. The van der Waals surface area contributed by atoms with Crippen LogP contribution in [0.25, 0.3) is 11.6 Å². The normalized spacial score (nSPS) is 14.6. The number of non-ortho nitro benzene ring substituents is 1. The maximum atomic E-state index is 10.9. The second-order valence-corrected chi connectivity index (χ2v) is 5.94. The quantitative estimate of drug-likeness (QED) is 0.481. The molecule has 1 aliphatic heterocycles. The first kappa shape index (κ1) is 16.1. The molecule has 7 nitrogen and oxygen atoms in total. The fourth-order valence-corrected chi connectivity index (χ4v) is 2.91. The van der Waals surface area contributed by atoms with E-state index in [2.05, 4.69) is 16.3 Å². The van der Waals surface area contributed by atoms with E-state index in [1.807, 2.05) is 4.57 Å². The average Bonchev–Trinajstić information content (AvgIpc) is 2.82. The third-order valence-electron chi connectivity index (χ3n) is 3.96. The maximum Gasteiger partial charge on any atom is 0.270 e. The molecule has 0 amide bonds. The van der Waals surface area contributed by atoms with Crippen molar-refractivity contribution in [3.05, 3.63) is 50.5 Å². The number of nitro benzene ring substituents is 1. The number of allylic oxidation sites excluding steroid dienone is 1. The van der Waals surface area contributed by atoms with Crippen LogP contribution in [0.1, 0.15) is 36.5 Å². The molecule has 24 heavy (non-hydrogen) atoms. The highest BCUT2D eigenvalue weighted by molar-refractivity contribution is 6.32. The Morgan fingerprint density at radius 1 is 1.38 bits per heavy atom. The first-order valence-corrected chi connectivity index (χ1v) is 7.96. The third kappa shape index (κ3) is 3.14. The number of fused-ring (bicyclic) bond motifs is 1. The van der Waals surface area contributed by atoms with Crippen LogP contribution in [0.15, 0.2) is 18.2 Å². The van der Waals surface area contributed by atoms with Crippen LogP contribution in [0.3, 0.4) is 0 Å². The van der Waals surface area contributed by atoms with E-state index in [4.69, 9.17) is 11.6 Å². The van der Waals surface area contributed by atoms with E-state index in [-0.39, 0.29) is 11.3 Å². The summed E-state index contributed by atoms with van der Waals surface area (Å²) in [7, 11) is 0. The van der Waals surface area contributed by atoms with E-state index in [1.165, 1.54) is 24.3 Å². The highest BCUT2D eigenvalue weighted by Crippen LogP contribution is 2.27. The Morgan fingerprint density at radius 2 is 2.21 bits per heavy atom. The van der Waals surface area contributed by atoms with Gasteiger partial charge >= 0.3 is 0 Å². The number of rotatable bonds is 3. The molecule has 0 unspecified atom stereocenters. The molecule has 3 rings (SSSR count). The molecule has 1 aromatic heterocycles. The molecule has 0 aliphatic carbocycles. The maximum absolute atomic E-state index is 10.9. The van der Waals surface area contributed by atoms with E-state index in [9.17, 15) is 15.4 Å². The molecule has 8 heteroatoms. The fraction of sp³-hybridized carbons (Fsp3) is 0.312. The van der Waals surface area contributed by atoms with E-state index >= 15 is 0 Å². The van der Waals surface area contributed by atoms with E-state index in [0.717, 1.165) is 38.1 Å². The number of benzene rings is 1. The van der Waals surface area contributed by atoms with Crippen molar-refractivity contribution in [1.29, 1.82) is 5.26 Å². The summed E-state index contributed by atoms with van der Waals surface area (Å²) < 4.78 is 1.95. The van der Waals surface area contributed by atoms with Gasteiger partial charge in [-0.25, -0.2) is 0 Å². The standard InChI is InChI=1S/C16H14ClN5O2/c17-14-6-5-13(22(23)24)9-11(14)8-12(10-18)16-20-19-15-4-2-1-3-7-21(15)16/h5-6,8-9H,1-4,7H2/b12-8+. The molecule has 0 saturated carbocycles. The molecule has 0 radical (unpaired) electrons. The van der Waals surface area contributed by atoms with Gasteiger partial charge < -0.3 is 4.57 Å². The smallest absolute Gasteiger partial charge is 0.270 e. The van der Waals surface area contributed by atoms with Crippen LogP contribution < -0.4 is 0 Å². The number of nitriles is 1. The molecule has 0 saturated heterocycles. The SMILES string of the molecule is N#C/C(=C\c1cc([N+](=O)[O-])ccc1Cl)c1nnc2n1CCCCC2. The van der Waals surface area contributed by atoms with Crippen molar-refractivity contribution in [2.45, 2.75) is 32.2 Å². The van der Waals surface area contributed by atoms with Gasteiger partial charge in [0.25, 0.3) is 5.69 Å². The Labute approximate surface area is 143 Å². The summed E-state index contributed by atoms with van der Waals surface area (Å²) in [4.78, 5) is 10.4. The van der Waals surface area contributed by atoms with Gasteiger partial charge in [-0.2, -0.15) is 5.26 Å². The summed E-state index contributed by atoms with van der Waals surface area (Å²) >= 11 is 6.11. The van der Waals surface area contributed by atoms with Crippen molar-refractivity contribution in [3.63, 3.8) is 0 Å². The first-order valence-electron chi connectivity index (χ1n) is 7.58. The minimum absolute atomic E-state index is 0.0805. The number of nitro groups is 1. The zero-order valence-electron chi connectivity index (χ0n) is 12.8. The van der Waals surface area contributed by atoms with Crippen molar-refractivity contribution in [2.75, 3.05) is 0 Å². The van der Waals surface area contributed by atoms with Gasteiger partial charge in [0.2, 0.25) is 0 Å². The topological polar surface area (TPSA) is 97.6 Å². The van der Waals surface area contributed by atoms with Crippen molar-refractivity contribution >= 4 is 28.9 Å². The molecule has 0 bridgehead atoms. The number of aryl methyl sites for hydroxylation is 1. The lowest BCUT2D eigenvalue weighted by Crippen LogP contribution is -2.05. The van der Waals surface area contributed by atoms with Crippen molar-refractivity contribution in [3.8, 4) is 6.07 Å². The molecule has 0 atom stereocenters. The Morgan fingerprint density at radius 3 is 2.96 bits per heavy atom. The van der Waals surface area contributed by atoms with Crippen molar-refractivity contribution in [2.24, 2.45) is 0 Å². The van der Waals surface area contributed by atoms with E-state index in [1.54, 1.807) is 0 Å².